The maximum Gasteiger partial charge on any atom is 0.239 e. The van der Waals surface area contributed by atoms with Crippen LogP contribution in [-0.4, -0.2) is 28.8 Å². The van der Waals surface area contributed by atoms with Gasteiger partial charge in [0, 0.05) is 19.3 Å². The zero-order valence-corrected chi connectivity index (χ0v) is 8.86. The van der Waals surface area contributed by atoms with E-state index >= 15 is 0 Å². The van der Waals surface area contributed by atoms with Crippen LogP contribution < -0.4 is 10.6 Å². The Morgan fingerprint density at radius 1 is 1.67 bits per heavy atom. The second-order valence-corrected chi connectivity index (χ2v) is 4.00. The van der Waals surface area contributed by atoms with Crippen molar-refractivity contribution in [2.75, 3.05) is 18.4 Å². The van der Waals surface area contributed by atoms with Crippen LogP contribution in [0.2, 0.25) is 0 Å². The molecule has 0 unspecified atom stereocenters. The molecule has 0 saturated heterocycles. The molecular formula is C10H16N4O. The average molecular weight is 208 g/mol. The molecule has 2 N–H and O–H groups in total. The highest BCUT2D eigenvalue weighted by atomic mass is 16.2. The van der Waals surface area contributed by atoms with E-state index < -0.39 is 0 Å². The van der Waals surface area contributed by atoms with E-state index in [1.807, 2.05) is 7.05 Å². The van der Waals surface area contributed by atoms with Crippen molar-refractivity contribution in [1.82, 2.24) is 15.1 Å². The molecule has 82 valence electrons. The predicted octanol–water partition coefficient (Wildman–Crippen LogP) is 0.358. The van der Waals surface area contributed by atoms with E-state index in [0.29, 0.717) is 12.4 Å². The van der Waals surface area contributed by atoms with Crippen LogP contribution in [0, 0.1) is 5.92 Å². The number of aryl methyl sites for hydroxylation is 1. The lowest BCUT2D eigenvalue weighted by molar-refractivity contribution is -0.115. The van der Waals surface area contributed by atoms with E-state index in [1.165, 1.54) is 12.8 Å². The molecule has 1 aliphatic carbocycles. The SMILES string of the molecule is Cn1ccc(NC(=O)CNCC2CC2)n1. The van der Waals surface area contributed by atoms with Gasteiger partial charge < -0.3 is 10.6 Å². The van der Waals surface area contributed by atoms with Crippen LogP contribution in [0.5, 0.6) is 0 Å². The summed E-state index contributed by atoms with van der Waals surface area (Å²) in [5, 5.41) is 9.91. The fourth-order valence-corrected chi connectivity index (χ4v) is 1.38. The zero-order valence-electron chi connectivity index (χ0n) is 8.86. The number of hydrogen-bond donors (Lipinski definition) is 2. The normalized spacial score (nSPS) is 15.3. The molecule has 0 radical (unpaired) electrons. The summed E-state index contributed by atoms with van der Waals surface area (Å²) in [6.45, 7) is 1.32. The summed E-state index contributed by atoms with van der Waals surface area (Å²) < 4.78 is 1.66. The molecule has 1 saturated carbocycles. The zero-order chi connectivity index (χ0) is 10.7. The van der Waals surface area contributed by atoms with Crippen molar-refractivity contribution in [3.63, 3.8) is 0 Å². The molecule has 1 fully saturated rings. The predicted molar refractivity (Wildman–Crippen MR) is 57.4 cm³/mol. The van der Waals surface area contributed by atoms with E-state index in [9.17, 15) is 4.79 Å². The lowest BCUT2D eigenvalue weighted by Crippen LogP contribution is -2.29. The molecule has 1 aliphatic rings. The topological polar surface area (TPSA) is 59.0 Å². The number of nitrogens with zero attached hydrogens (tertiary/aromatic N) is 2. The van der Waals surface area contributed by atoms with Gasteiger partial charge in [-0.25, -0.2) is 0 Å². The van der Waals surface area contributed by atoms with E-state index in [4.69, 9.17) is 0 Å². The summed E-state index contributed by atoms with van der Waals surface area (Å²) in [5.41, 5.74) is 0. The fraction of sp³-hybridized carbons (Fsp3) is 0.600. The maximum atomic E-state index is 11.4. The molecule has 2 rings (SSSR count). The van der Waals surface area contributed by atoms with Crippen molar-refractivity contribution in [2.24, 2.45) is 13.0 Å². The minimum absolute atomic E-state index is 0.0330. The van der Waals surface area contributed by atoms with Gasteiger partial charge in [-0.2, -0.15) is 5.10 Å². The van der Waals surface area contributed by atoms with Crippen LogP contribution in [0.15, 0.2) is 12.3 Å². The molecule has 5 heteroatoms. The van der Waals surface area contributed by atoms with Crippen LogP contribution >= 0.6 is 0 Å². The molecule has 1 aromatic rings. The van der Waals surface area contributed by atoms with Crippen LogP contribution in [0.4, 0.5) is 5.82 Å². The summed E-state index contributed by atoms with van der Waals surface area (Å²) in [6.07, 6.45) is 4.40. The number of rotatable bonds is 5. The van der Waals surface area contributed by atoms with Crippen LogP contribution in [0.1, 0.15) is 12.8 Å². The minimum Gasteiger partial charge on any atom is -0.308 e. The second-order valence-electron chi connectivity index (χ2n) is 4.00. The summed E-state index contributed by atoms with van der Waals surface area (Å²) in [6, 6.07) is 1.78. The van der Waals surface area contributed by atoms with E-state index in [0.717, 1.165) is 12.5 Å². The fourth-order valence-electron chi connectivity index (χ4n) is 1.38. The van der Waals surface area contributed by atoms with Crippen LogP contribution in [0.3, 0.4) is 0 Å². The van der Waals surface area contributed by atoms with Crippen molar-refractivity contribution in [3.05, 3.63) is 12.3 Å². The highest BCUT2D eigenvalue weighted by Gasteiger charge is 2.20. The van der Waals surface area contributed by atoms with Gasteiger partial charge in [0.15, 0.2) is 5.82 Å². The summed E-state index contributed by atoms with van der Waals surface area (Å²) >= 11 is 0. The molecule has 15 heavy (non-hydrogen) atoms. The van der Waals surface area contributed by atoms with Crippen molar-refractivity contribution in [2.45, 2.75) is 12.8 Å². The number of carbonyl (C=O) groups excluding carboxylic acids is 1. The molecule has 1 amide bonds. The van der Waals surface area contributed by atoms with Gasteiger partial charge in [-0.15, -0.1) is 0 Å². The van der Waals surface area contributed by atoms with Crippen LogP contribution in [-0.2, 0) is 11.8 Å². The van der Waals surface area contributed by atoms with Gasteiger partial charge in [0.25, 0.3) is 0 Å². The smallest absolute Gasteiger partial charge is 0.239 e. The Labute approximate surface area is 88.8 Å². The number of anilines is 1. The Balaban J connectivity index is 1.67. The molecule has 0 aromatic carbocycles. The van der Waals surface area contributed by atoms with Crippen LogP contribution in [0.25, 0.3) is 0 Å². The monoisotopic (exact) mass is 208 g/mol. The van der Waals surface area contributed by atoms with Gasteiger partial charge in [0.2, 0.25) is 5.91 Å². The molecule has 0 atom stereocenters. The van der Waals surface area contributed by atoms with Gasteiger partial charge in [0.1, 0.15) is 0 Å². The Kier molecular flexibility index (Phi) is 3.01. The number of hydrogen-bond acceptors (Lipinski definition) is 3. The summed E-state index contributed by atoms with van der Waals surface area (Å²) in [4.78, 5) is 11.4. The van der Waals surface area contributed by atoms with E-state index in [2.05, 4.69) is 15.7 Å². The largest absolute Gasteiger partial charge is 0.308 e. The number of amides is 1. The molecule has 0 spiro atoms. The quantitative estimate of drug-likeness (QED) is 0.734. The standard InChI is InChI=1S/C10H16N4O/c1-14-5-4-9(13-14)12-10(15)7-11-6-8-2-3-8/h4-5,8,11H,2-3,6-7H2,1H3,(H,12,13,15). The Morgan fingerprint density at radius 3 is 3.07 bits per heavy atom. The van der Waals surface area contributed by atoms with Gasteiger partial charge in [-0.1, -0.05) is 0 Å². The van der Waals surface area contributed by atoms with Crippen molar-refractivity contribution >= 4 is 11.7 Å². The minimum atomic E-state index is -0.0330. The Morgan fingerprint density at radius 2 is 2.47 bits per heavy atom. The second kappa shape index (κ2) is 4.44. The van der Waals surface area contributed by atoms with Crippen molar-refractivity contribution in [1.29, 1.82) is 0 Å². The first-order chi connectivity index (χ1) is 7.24. The molecule has 1 heterocycles. The molecule has 0 aliphatic heterocycles. The first-order valence-corrected chi connectivity index (χ1v) is 5.24. The first-order valence-electron chi connectivity index (χ1n) is 5.24. The highest BCUT2D eigenvalue weighted by molar-refractivity contribution is 5.91. The Hall–Kier alpha value is -1.36. The van der Waals surface area contributed by atoms with Crippen molar-refractivity contribution < 1.29 is 4.79 Å². The molecule has 5 nitrogen and oxygen atoms in total. The highest BCUT2D eigenvalue weighted by Crippen LogP contribution is 2.27. The lowest BCUT2D eigenvalue weighted by Gasteiger charge is -2.03. The maximum absolute atomic E-state index is 11.4. The summed E-state index contributed by atoms with van der Waals surface area (Å²) in [5.74, 6) is 1.37. The summed E-state index contributed by atoms with van der Waals surface area (Å²) in [7, 11) is 1.82. The van der Waals surface area contributed by atoms with E-state index in [1.54, 1.807) is 16.9 Å². The first kappa shape index (κ1) is 10.2. The van der Waals surface area contributed by atoms with Gasteiger partial charge in [-0.3, -0.25) is 9.48 Å². The number of aromatic nitrogens is 2. The van der Waals surface area contributed by atoms with Gasteiger partial charge in [0.05, 0.1) is 6.54 Å². The molecule has 1 aromatic heterocycles. The number of nitrogens with one attached hydrogen (secondary N) is 2. The third-order valence-corrected chi connectivity index (χ3v) is 2.40. The van der Waals surface area contributed by atoms with Crippen molar-refractivity contribution in [3.8, 4) is 0 Å². The third kappa shape index (κ3) is 3.36. The average Bonchev–Trinajstić information content (AvgIpc) is 2.91. The van der Waals surface area contributed by atoms with Gasteiger partial charge in [-0.05, 0) is 25.3 Å². The van der Waals surface area contributed by atoms with Gasteiger partial charge >= 0.3 is 0 Å². The number of carbonyl (C=O) groups is 1. The Bertz CT molecular complexity index is 343. The lowest BCUT2D eigenvalue weighted by atomic mass is 10.4. The molecule has 0 bridgehead atoms. The molecular weight excluding hydrogens is 192 g/mol. The third-order valence-electron chi connectivity index (χ3n) is 2.40. The van der Waals surface area contributed by atoms with E-state index in [-0.39, 0.29) is 5.91 Å².